The van der Waals surface area contributed by atoms with Gasteiger partial charge in [0.1, 0.15) is 9.96 Å². The number of piperidine rings is 1. The number of nitrogens with zero attached hydrogens (tertiary/aromatic N) is 1. The fraction of sp³-hybridized carbons (Fsp3) is 0.370. The van der Waals surface area contributed by atoms with Crippen LogP contribution in [0, 0.1) is 6.92 Å². The molecule has 3 aromatic rings. The second kappa shape index (κ2) is 12.0. The molecule has 1 aromatic heterocycles. The number of hydrogen-bond acceptors (Lipinski definition) is 6. The van der Waals surface area contributed by atoms with Crippen molar-refractivity contribution in [1.82, 2.24) is 14.9 Å². The molecule has 7 nitrogen and oxygen atoms in total. The first kappa shape index (κ1) is 26.3. The predicted molar refractivity (Wildman–Crippen MR) is 143 cm³/mol. The molecular weight excluding hydrogens is 494 g/mol. The van der Waals surface area contributed by atoms with E-state index in [0.29, 0.717) is 28.6 Å². The molecule has 1 aliphatic heterocycles. The zero-order chi connectivity index (χ0) is 25.5. The molecule has 2 N–H and O–H groups in total. The molecule has 1 fully saturated rings. The van der Waals surface area contributed by atoms with E-state index in [9.17, 15) is 13.2 Å². The Labute approximate surface area is 217 Å². The molecule has 0 bridgehead atoms. The van der Waals surface area contributed by atoms with Gasteiger partial charge in [-0.1, -0.05) is 35.9 Å². The van der Waals surface area contributed by atoms with Crippen LogP contribution in [-0.4, -0.2) is 45.0 Å². The SMILES string of the molecule is COc1cccc(C(=O)NCc2ccc(S(=O)(=O)N3CCCCC3NCCc3ccc(C)cc3)s2)c1. The highest BCUT2D eigenvalue weighted by molar-refractivity contribution is 7.91. The Kier molecular flexibility index (Phi) is 8.79. The summed E-state index contributed by atoms with van der Waals surface area (Å²) in [6.07, 6.45) is 3.28. The smallest absolute Gasteiger partial charge is 0.253 e. The minimum Gasteiger partial charge on any atom is -0.497 e. The molecule has 2 aromatic carbocycles. The van der Waals surface area contributed by atoms with Gasteiger partial charge in [-0.15, -0.1) is 11.3 Å². The lowest BCUT2D eigenvalue weighted by molar-refractivity contribution is 0.0951. The lowest BCUT2D eigenvalue weighted by atomic mass is 10.1. The van der Waals surface area contributed by atoms with E-state index in [1.807, 2.05) is 0 Å². The van der Waals surface area contributed by atoms with Gasteiger partial charge in [-0.25, -0.2) is 8.42 Å². The van der Waals surface area contributed by atoms with E-state index >= 15 is 0 Å². The van der Waals surface area contributed by atoms with Gasteiger partial charge in [0.05, 0.1) is 19.8 Å². The van der Waals surface area contributed by atoms with E-state index in [1.54, 1.807) is 47.8 Å². The first-order valence-electron chi connectivity index (χ1n) is 12.2. The maximum Gasteiger partial charge on any atom is 0.253 e. The van der Waals surface area contributed by atoms with Crippen LogP contribution in [0.5, 0.6) is 5.75 Å². The molecule has 1 atom stereocenters. The highest BCUT2D eigenvalue weighted by atomic mass is 32.2. The van der Waals surface area contributed by atoms with Crippen molar-refractivity contribution < 1.29 is 17.9 Å². The van der Waals surface area contributed by atoms with Crippen molar-refractivity contribution in [3.63, 3.8) is 0 Å². The summed E-state index contributed by atoms with van der Waals surface area (Å²) in [6.45, 7) is 3.54. The number of amides is 1. The number of nitrogens with one attached hydrogen (secondary N) is 2. The van der Waals surface area contributed by atoms with Gasteiger partial charge in [0.15, 0.2) is 0 Å². The Hall–Kier alpha value is -2.72. The molecule has 2 heterocycles. The lowest BCUT2D eigenvalue weighted by Gasteiger charge is -2.35. The molecule has 4 rings (SSSR count). The first-order chi connectivity index (χ1) is 17.4. The average Bonchev–Trinajstić information content (AvgIpc) is 3.39. The zero-order valence-electron chi connectivity index (χ0n) is 20.7. The number of methoxy groups -OCH3 is 1. The second-order valence-electron chi connectivity index (χ2n) is 8.95. The van der Waals surface area contributed by atoms with Crippen LogP contribution in [0.2, 0.25) is 0 Å². The van der Waals surface area contributed by atoms with Gasteiger partial charge in [0, 0.05) is 23.5 Å². The van der Waals surface area contributed by atoms with Crippen LogP contribution < -0.4 is 15.4 Å². The second-order valence-corrected chi connectivity index (χ2v) is 12.2. The van der Waals surface area contributed by atoms with Crippen molar-refractivity contribution in [2.75, 3.05) is 20.2 Å². The highest BCUT2D eigenvalue weighted by Gasteiger charge is 2.34. The monoisotopic (exact) mass is 527 g/mol. The molecule has 9 heteroatoms. The van der Waals surface area contributed by atoms with Gasteiger partial charge in [-0.3, -0.25) is 4.79 Å². The molecule has 0 spiro atoms. The number of ether oxygens (including phenoxy) is 1. The van der Waals surface area contributed by atoms with Gasteiger partial charge >= 0.3 is 0 Å². The third kappa shape index (κ3) is 6.53. The number of carbonyl (C=O) groups excluding carboxylic acids is 1. The van der Waals surface area contributed by atoms with Crippen LogP contribution in [0.25, 0.3) is 0 Å². The van der Waals surface area contributed by atoms with Crippen LogP contribution in [0.1, 0.15) is 45.6 Å². The Morgan fingerprint density at radius 1 is 1.11 bits per heavy atom. The lowest BCUT2D eigenvalue weighted by Crippen LogP contribution is -2.51. The quantitative estimate of drug-likeness (QED) is 0.410. The van der Waals surface area contributed by atoms with Gasteiger partial charge in [0.25, 0.3) is 15.9 Å². The fourth-order valence-corrected chi connectivity index (χ4v) is 7.34. The molecule has 0 radical (unpaired) electrons. The molecular formula is C27H33N3O4S2. The van der Waals surface area contributed by atoms with E-state index in [2.05, 4.69) is 41.8 Å². The summed E-state index contributed by atoms with van der Waals surface area (Å²) >= 11 is 1.21. The zero-order valence-corrected chi connectivity index (χ0v) is 22.3. The topological polar surface area (TPSA) is 87.7 Å². The molecule has 0 saturated carbocycles. The summed E-state index contributed by atoms with van der Waals surface area (Å²) in [5, 5.41) is 6.33. The van der Waals surface area contributed by atoms with Gasteiger partial charge in [0.2, 0.25) is 0 Å². The number of hydrogen-bond donors (Lipinski definition) is 2. The van der Waals surface area contributed by atoms with E-state index in [-0.39, 0.29) is 18.6 Å². The number of rotatable bonds is 10. The Morgan fingerprint density at radius 2 is 1.92 bits per heavy atom. The molecule has 1 unspecified atom stereocenters. The maximum absolute atomic E-state index is 13.5. The van der Waals surface area contributed by atoms with Crippen LogP contribution >= 0.6 is 11.3 Å². The Bertz CT molecular complexity index is 1270. The average molecular weight is 528 g/mol. The first-order valence-corrected chi connectivity index (χ1v) is 14.4. The van der Waals surface area contributed by atoms with Crippen molar-refractivity contribution in [3.8, 4) is 5.75 Å². The van der Waals surface area contributed by atoms with Crippen LogP contribution in [-0.2, 0) is 23.0 Å². The molecule has 192 valence electrons. The molecule has 36 heavy (non-hydrogen) atoms. The summed E-state index contributed by atoms with van der Waals surface area (Å²) < 4.78 is 34.1. The number of sulfonamides is 1. The number of carbonyl (C=O) groups is 1. The molecule has 0 aliphatic carbocycles. The summed E-state index contributed by atoms with van der Waals surface area (Å²) in [5.41, 5.74) is 2.95. The van der Waals surface area contributed by atoms with Crippen LogP contribution in [0.4, 0.5) is 0 Å². The van der Waals surface area contributed by atoms with E-state index in [0.717, 1.165) is 30.6 Å². The summed E-state index contributed by atoms with van der Waals surface area (Å²) in [4.78, 5) is 13.3. The van der Waals surface area contributed by atoms with E-state index < -0.39 is 10.0 Å². The summed E-state index contributed by atoms with van der Waals surface area (Å²) in [7, 11) is -2.08. The van der Waals surface area contributed by atoms with Crippen molar-refractivity contribution in [2.45, 2.75) is 49.5 Å². The minimum absolute atomic E-state index is 0.215. The summed E-state index contributed by atoms with van der Waals surface area (Å²) in [5.74, 6) is 0.372. The molecule has 1 saturated heterocycles. The number of thiophene rings is 1. The summed E-state index contributed by atoms with van der Waals surface area (Å²) in [6, 6.07) is 18.8. The maximum atomic E-state index is 13.5. The van der Waals surface area contributed by atoms with Gasteiger partial charge in [-0.05, 0) is 68.5 Å². The Morgan fingerprint density at radius 3 is 2.69 bits per heavy atom. The third-order valence-corrected chi connectivity index (χ3v) is 9.78. The number of benzene rings is 2. The van der Waals surface area contributed by atoms with Crippen molar-refractivity contribution in [1.29, 1.82) is 0 Å². The number of aryl methyl sites for hydroxylation is 1. The molecule has 1 aliphatic rings. The normalized spacial score (nSPS) is 16.6. The Balaban J connectivity index is 1.36. The standard InChI is InChI=1S/C27H33N3O4S2/c1-20-9-11-21(12-10-20)15-16-28-25-8-3-4-17-30(25)36(32,33)26-14-13-24(35-26)19-29-27(31)22-6-5-7-23(18-22)34-2/h5-7,9-14,18,25,28H,3-4,8,15-17,19H2,1-2H3,(H,29,31). The van der Waals surface area contributed by atoms with E-state index in [4.69, 9.17) is 4.74 Å². The van der Waals surface area contributed by atoms with Crippen LogP contribution in [0.15, 0.2) is 64.9 Å². The fourth-order valence-electron chi connectivity index (χ4n) is 4.28. The predicted octanol–water partition coefficient (Wildman–Crippen LogP) is 4.33. The van der Waals surface area contributed by atoms with E-state index in [1.165, 1.54) is 22.5 Å². The third-order valence-electron chi connectivity index (χ3n) is 6.32. The minimum atomic E-state index is -3.63. The van der Waals surface area contributed by atoms with Gasteiger partial charge in [-0.2, -0.15) is 4.31 Å². The van der Waals surface area contributed by atoms with Crippen molar-refractivity contribution in [3.05, 3.63) is 82.2 Å². The highest BCUT2D eigenvalue weighted by Crippen LogP contribution is 2.29. The largest absolute Gasteiger partial charge is 0.497 e. The van der Waals surface area contributed by atoms with Crippen molar-refractivity contribution in [2.24, 2.45) is 0 Å². The molecule has 1 amide bonds. The van der Waals surface area contributed by atoms with Gasteiger partial charge < -0.3 is 15.4 Å². The van der Waals surface area contributed by atoms with Crippen LogP contribution in [0.3, 0.4) is 0 Å². The van der Waals surface area contributed by atoms with Crippen molar-refractivity contribution >= 4 is 27.3 Å².